The third kappa shape index (κ3) is 4.27. The van der Waals surface area contributed by atoms with E-state index in [0.717, 1.165) is 4.90 Å². The molecule has 0 spiro atoms. The molecule has 0 aliphatic heterocycles. The molecule has 0 saturated heterocycles. The summed E-state index contributed by atoms with van der Waals surface area (Å²) >= 11 is 0. The number of hydrogen-bond donors (Lipinski definition) is 4. The van der Waals surface area contributed by atoms with Crippen molar-refractivity contribution in [1.29, 1.82) is 0 Å². The molecule has 30 heavy (non-hydrogen) atoms. The van der Waals surface area contributed by atoms with Crippen LogP contribution in [0.25, 0.3) is 0 Å². The second kappa shape index (κ2) is 9.13. The third-order valence-electron chi connectivity index (χ3n) is 4.35. The molecule has 11 nitrogen and oxygen atoms in total. The van der Waals surface area contributed by atoms with Crippen LogP contribution in [0.2, 0.25) is 0 Å². The Labute approximate surface area is 169 Å². The quantitative estimate of drug-likeness (QED) is 0.366. The summed E-state index contributed by atoms with van der Waals surface area (Å²) in [6.07, 6.45) is 0. The highest BCUT2D eigenvalue weighted by molar-refractivity contribution is 6.29. The molecule has 0 fully saturated rings. The minimum absolute atomic E-state index is 0. The van der Waals surface area contributed by atoms with Crippen LogP contribution >= 0.6 is 0 Å². The fourth-order valence-corrected chi connectivity index (χ4v) is 3.19. The summed E-state index contributed by atoms with van der Waals surface area (Å²) in [7, 11) is 0. The van der Waals surface area contributed by atoms with Crippen molar-refractivity contribution in [1.82, 2.24) is 4.90 Å². The fourth-order valence-electron chi connectivity index (χ4n) is 3.19. The van der Waals surface area contributed by atoms with Gasteiger partial charge in [-0.2, -0.15) is 0 Å². The first-order valence-electron chi connectivity index (χ1n) is 8.12. The first kappa shape index (κ1) is 24.2. The maximum Gasteiger partial charge on any atom is 0.317 e. The number of phenols is 2. The summed E-state index contributed by atoms with van der Waals surface area (Å²) in [6.45, 7) is -1.65. The smallest absolute Gasteiger partial charge is 0.317 e. The number of phenolic OH excluding ortho intramolecular Hbond substituents is 2. The van der Waals surface area contributed by atoms with Crippen LogP contribution in [0, 0.1) is 0 Å². The molecule has 0 heterocycles. The van der Waals surface area contributed by atoms with Crippen molar-refractivity contribution in [3.8, 4) is 11.5 Å². The second-order valence-electron chi connectivity index (χ2n) is 6.29. The topological polar surface area (TPSA) is 215 Å². The normalized spacial score (nSPS) is 11.8. The Balaban J connectivity index is 0.00000225. The Morgan fingerprint density at radius 3 is 1.80 bits per heavy atom. The van der Waals surface area contributed by atoms with Crippen LogP contribution < -0.4 is 0 Å². The van der Waals surface area contributed by atoms with Gasteiger partial charge in [-0.3, -0.25) is 24.1 Å². The molecule has 0 amide bonds. The lowest BCUT2D eigenvalue weighted by atomic mass is 9.82. The van der Waals surface area contributed by atoms with Gasteiger partial charge in [0.15, 0.2) is 23.1 Å². The predicted octanol–water partition coefficient (Wildman–Crippen LogP) is -0.805. The minimum atomic E-state index is -1.29. The van der Waals surface area contributed by atoms with Gasteiger partial charge in [-0.1, -0.05) is 24.3 Å². The molecule has 0 bridgehead atoms. The zero-order valence-electron chi connectivity index (χ0n) is 15.4. The van der Waals surface area contributed by atoms with Gasteiger partial charge in [-0.25, -0.2) is 0 Å². The van der Waals surface area contributed by atoms with E-state index in [1.807, 2.05) is 0 Å². The van der Waals surface area contributed by atoms with Gasteiger partial charge in [-0.05, 0) is 6.07 Å². The van der Waals surface area contributed by atoms with E-state index in [0.29, 0.717) is 0 Å². The van der Waals surface area contributed by atoms with E-state index in [2.05, 4.69) is 0 Å². The van der Waals surface area contributed by atoms with Crippen LogP contribution in [0.1, 0.15) is 37.4 Å². The predicted molar refractivity (Wildman–Crippen MR) is 101 cm³/mol. The van der Waals surface area contributed by atoms with Crippen LogP contribution in [0.4, 0.5) is 0 Å². The number of benzene rings is 2. The number of fused-ring (bicyclic) bond motifs is 2. The molecule has 1 aliphatic carbocycles. The number of carboxylic acid groups (broad SMARTS) is 2. The van der Waals surface area contributed by atoms with Gasteiger partial charge in [0.05, 0.1) is 18.7 Å². The SMILES string of the molecule is O.O.O=C(O)CN(CC(=O)O)Cc1cc2c(c(O)c1O)C(=O)c1ccccc1C2=O. The fraction of sp³-hybridized carbons (Fsp3) is 0.158. The highest BCUT2D eigenvalue weighted by atomic mass is 16.4. The van der Waals surface area contributed by atoms with Crippen molar-refractivity contribution in [3.63, 3.8) is 0 Å². The average molecular weight is 421 g/mol. The summed E-state index contributed by atoms with van der Waals surface area (Å²) < 4.78 is 0. The summed E-state index contributed by atoms with van der Waals surface area (Å²) in [6, 6.07) is 7.22. The van der Waals surface area contributed by atoms with E-state index < -0.39 is 48.1 Å². The van der Waals surface area contributed by atoms with Crippen molar-refractivity contribution in [2.24, 2.45) is 0 Å². The molecule has 160 valence electrons. The number of ketones is 2. The molecule has 11 heteroatoms. The number of rotatable bonds is 6. The largest absolute Gasteiger partial charge is 0.504 e. The minimum Gasteiger partial charge on any atom is -0.504 e. The number of carboxylic acids is 2. The van der Waals surface area contributed by atoms with Gasteiger partial charge in [0.2, 0.25) is 0 Å². The van der Waals surface area contributed by atoms with Crippen molar-refractivity contribution >= 4 is 23.5 Å². The molecule has 1 aliphatic rings. The average Bonchev–Trinajstić information content (AvgIpc) is 2.62. The number of aliphatic carboxylic acids is 2. The number of nitrogens with zero attached hydrogens (tertiary/aromatic N) is 1. The van der Waals surface area contributed by atoms with Crippen LogP contribution in [-0.2, 0) is 16.1 Å². The Bertz CT molecular complexity index is 1010. The zero-order valence-corrected chi connectivity index (χ0v) is 15.4. The zero-order chi connectivity index (χ0) is 20.6. The molecule has 0 aromatic heterocycles. The Hall–Kier alpha value is -3.80. The van der Waals surface area contributed by atoms with Gasteiger partial charge >= 0.3 is 11.9 Å². The van der Waals surface area contributed by atoms with Crippen molar-refractivity contribution in [3.05, 3.63) is 58.1 Å². The van der Waals surface area contributed by atoms with E-state index in [1.54, 1.807) is 12.1 Å². The monoisotopic (exact) mass is 421 g/mol. The van der Waals surface area contributed by atoms with Crippen molar-refractivity contribution < 1.29 is 50.6 Å². The van der Waals surface area contributed by atoms with Gasteiger partial charge in [0.25, 0.3) is 0 Å². The first-order chi connectivity index (χ1) is 13.2. The van der Waals surface area contributed by atoms with Gasteiger partial charge in [0, 0.05) is 28.8 Å². The van der Waals surface area contributed by atoms with E-state index in [-0.39, 0.29) is 45.3 Å². The standard InChI is InChI=1S/C19H15NO8.2H2O/c21-13(22)7-20(8-14(23)24)6-9-5-12-15(19(28)16(9)25)18(27)11-4-2-1-3-10(11)17(12)26;;/h1-5,25,28H,6-8H2,(H,21,22)(H,23,24);2*1H2. The molecular formula is C19H19NO10. The molecule has 2 aromatic rings. The number of aromatic hydroxyl groups is 2. The Kier molecular flexibility index (Phi) is 7.38. The summed E-state index contributed by atoms with van der Waals surface area (Å²) in [5.41, 5.74) is -0.309. The Morgan fingerprint density at radius 2 is 1.30 bits per heavy atom. The summed E-state index contributed by atoms with van der Waals surface area (Å²) in [5.74, 6) is -5.25. The van der Waals surface area contributed by atoms with E-state index in [4.69, 9.17) is 10.2 Å². The van der Waals surface area contributed by atoms with Crippen LogP contribution in [0.15, 0.2) is 30.3 Å². The summed E-state index contributed by atoms with van der Waals surface area (Å²) in [5, 5.41) is 38.5. The molecule has 0 unspecified atom stereocenters. The summed E-state index contributed by atoms with van der Waals surface area (Å²) in [4.78, 5) is 48.3. The highest BCUT2D eigenvalue weighted by Gasteiger charge is 2.34. The lowest BCUT2D eigenvalue weighted by Crippen LogP contribution is -2.34. The van der Waals surface area contributed by atoms with E-state index in [9.17, 15) is 29.4 Å². The second-order valence-corrected chi connectivity index (χ2v) is 6.29. The van der Waals surface area contributed by atoms with Gasteiger partial charge < -0.3 is 31.4 Å². The Morgan fingerprint density at radius 1 is 0.800 bits per heavy atom. The molecule has 3 rings (SSSR count). The van der Waals surface area contributed by atoms with Gasteiger partial charge in [0.1, 0.15) is 0 Å². The number of carbonyl (C=O) groups is 4. The van der Waals surface area contributed by atoms with Gasteiger partial charge in [-0.15, -0.1) is 0 Å². The molecule has 0 radical (unpaired) electrons. The molecule has 8 N–H and O–H groups in total. The van der Waals surface area contributed by atoms with Crippen LogP contribution in [0.3, 0.4) is 0 Å². The van der Waals surface area contributed by atoms with E-state index in [1.165, 1.54) is 18.2 Å². The molecule has 0 saturated carbocycles. The van der Waals surface area contributed by atoms with Crippen molar-refractivity contribution in [2.75, 3.05) is 13.1 Å². The molecule has 0 atom stereocenters. The lowest BCUT2D eigenvalue weighted by molar-refractivity contribution is -0.142. The maximum absolute atomic E-state index is 12.8. The first-order valence-corrected chi connectivity index (χ1v) is 8.12. The maximum atomic E-state index is 12.8. The van der Waals surface area contributed by atoms with E-state index >= 15 is 0 Å². The lowest BCUT2D eigenvalue weighted by Gasteiger charge is -2.23. The van der Waals surface area contributed by atoms with Crippen molar-refractivity contribution in [2.45, 2.75) is 6.54 Å². The molecule has 2 aromatic carbocycles. The number of carbonyl (C=O) groups excluding carboxylic acids is 2. The van der Waals surface area contributed by atoms with Crippen LogP contribution in [0.5, 0.6) is 11.5 Å². The third-order valence-corrected chi connectivity index (χ3v) is 4.35. The number of hydrogen-bond acceptors (Lipinski definition) is 7. The molecular weight excluding hydrogens is 402 g/mol. The van der Waals surface area contributed by atoms with Crippen LogP contribution in [-0.4, -0.2) is 72.9 Å². The highest BCUT2D eigenvalue weighted by Crippen LogP contribution is 2.40.